The summed E-state index contributed by atoms with van der Waals surface area (Å²) in [5.41, 5.74) is -5.51. The fourth-order valence-corrected chi connectivity index (χ4v) is 2.41. The maximum Gasteiger partial charge on any atom is 0.516 e. The lowest BCUT2D eigenvalue weighted by Crippen LogP contribution is -2.30. The maximum atomic E-state index is 12.2. The van der Waals surface area contributed by atoms with Gasteiger partial charge in [0.1, 0.15) is 0 Å². The molecular formula is C9H14ClF3N4O2S. The van der Waals surface area contributed by atoms with Crippen LogP contribution in [0.5, 0.6) is 0 Å². The molecule has 1 saturated heterocycles. The Kier molecular flexibility index (Phi) is 5.27. The van der Waals surface area contributed by atoms with E-state index >= 15 is 0 Å². The second kappa shape index (κ2) is 6.19. The summed E-state index contributed by atoms with van der Waals surface area (Å²) < 4.78 is 61.4. The zero-order valence-electron chi connectivity index (χ0n) is 10.2. The molecule has 1 aliphatic rings. The quantitative estimate of drug-likeness (QED) is 0.878. The fourth-order valence-electron chi connectivity index (χ4n) is 1.87. The topological polar surface area (TPSA) is 76.0 Å². The van der Waals surface area contributed by atoms with Crippen molar-refractivity contribution < 1.29 is 21.6 Å². The molecule has 0 spiro atoms. The van der Waals surface area contributed by atoms with Crippen LogP contribution in [0.15, 0.2) is 12.4 Å². The largest absolute Gasteiger partial charge is 0.516 e. The van der Waals surface area contributed by atoms with Crippen LogP contribution in [0.4, 0.5) is 18.9 Å². The number of alkyl halides is 3. The van der Waals surface area contributed by atoms with E-state index in [9.17, 15) is 21.6 Å². The minimum Gasteiger partial charge on any atom is -0.317 e. The molecule has 1 fully saturated rings. The van der Waals surface area contributed by atoms with E-state index in [4.69, 9.17) is 0 Å². The lowest BCUT2D eigenvalue weighted by molar-refractivity contribution is -0.0429. The van der Waals surface area contributed by atoms with E-state index in [1.807, 2.05) is 0 Å². The summed E-state index contributed by atoms with van der Waals surface area (Å²) in [5.74, 6) is 0. The number of hydrogen-bond donors (Lipinski definition) is 2. The third kappa shape index (κ3) is 3.76. The van der Waals surface area contributed by atoms with E-state index in [0.29, 0.717) is 0 Å². The predicted molar refractivity (Wildman–Crippen MR) is 69.2 cm³/mol. The number of nitrogens with one attached hydrogen (secondary N) is 2. The smallest absolute Gasteiger partial charge is 0.317 e. The Labute approximate surface area is 120 Å². The molecule has 0 unspecified atom stereocenters. The molecule has 2 rings (SSSR count). The molecule has 0 bridgehead atoms. The van der Waals surface area contributed by atoms with Crippen molar-refractivity contribution in [1.82, 2.24) is 15.1 Å². The second-order valence-electron chi connectivity index (χ2n) is 4.24. The molecular weight excluding hydrogens is 321 g/mol. The van der Waals surface area contributed by atoms with Gasteiger partial charge in [-0.25, -0.2) is 0 Å². The van der Waals surface area contributed by atoms with Crippen LogP contribution >= 0.6 is 12.4 Å². The predicted octanol–water partition coefficient (Wildman–Crippen LogP) is 1.49. The first kappa shape index (κ1) is 17.1. The van der Waals surface area contributed by atoms with E-state index < -0.39 is 15.5 Å². The zero-order chi connectivity index (χ0) is 14.1. The molecule has 0 radical (unpaired) electrons. The lowest BCUT2D eigenvalue weighted by atomic mass is 10.1. The first-order valence-corrected chi connectivity index (χ1v) is 7.12. The van der Waals surface area contributed by atoms with Crippen LogP contribution in [0.25, 0.3) is 0 Å². The summed E-state index contributed by atoms with van der Waals surface area (Å²) >= 11 is 0. The van der Waals surface area contributed by atoms with Gasteiger partial charge in [-0.3, -0.25) is 9.40 Å². The number of anilines is 1. The summed E-state index contributed by atoms with van der Waals surface area (Å²) in [5, 5.41) is 7.05. The number of nitrogens with zero attached hydrogens (tertiary/aromatic N) is 2. The van der Waals surface area contributed by atoms with Crippen molar-refractivity contribution in [1.29, 1.82) is 0 Å². The highest BCUT2D eigenvalue weighted by Gasteiger charge is 2.46. The molecule has 0 amide bonds. The molecule has 1 aliphatic heterocycles. The van der Waals surface area contributed by atoms with E-state index in [-0.39, 0.29) is 24.1 Å². The Bertz CT molecular complexity index is 540. The third-order valence-electron chi connectivity index (χ3n) is 2.84. The van der Waals surface area contributed by atoms with Crippen LogP contribution in [0.1, 0.15) is 18.9 Å². The number of halogens is 4. The number of aromatic nitrogens is 2. The first-order chi connectivity index (χ1) is 8.79. The molecule has 0 aromatic carbocycles. The summed E-state index contributed by atoms with van der Waals surface area (Å²) in [7, 11) is -5.38. The maximum absolute atomic E-state index is 12.2. The monoisotopic (exact) mass is 334 g/mol. The van der Waals surface area contributed by atoms with Crippen LogP contribution in [0, 0.1) is 0 Å². The van der Waals surface area contributed by atoms with Gasteiger partial charge in [0.05, 0.1) is 17.9 Å². The van der Waals surface area contributed by atoms with Crippen molar-refractivity contribution in [2.24, 2.45) is 0 Å². The summed E-state index contributed by atoms with van der Waals surface area (Å²) in [4.78, 5) is 0. The molecule has 116 valence electrons. The average Bonchev–Trinajstić information content (AvgIpc) is 2.76. The minimum absolute atomic E-state index is 0. The Morgan fingerprint density at radius 2 is 1.95 bits per heavy atom. The van der Waals surface area contributed by atoms with Gasteiger partial charge in [0.25, 0.3) is 0 Å². The van der Waals surface area contributed by atoms with Gasteiger partial charge in [-0.05, 0) is 25.9 Å². The van der Waals surface area contributed by atoms with Crippen LogP contribution in [-0.4, -0.2) is 36.8 Å². The van der Waals surface area contributed by atoms with Crippen molar-refractivity contribution in [3.63, 3.8) is 0 Å². The van der Waals surface area contributed by atoms with Gasteiger partial charge >= 0.3 is 15.5 Å². The number of hydrogen-bond acceptors (Lipinski definition) is 4. The van der Waals surface area contributed by atoms with Crippen LogP contribution in [0.2, 0.25) is 0 Å². The van der Waals surface area contributed by atoms with Gasteiger partial charge in [-0.15, -0.1) is 12.4 Å². The highest BCUT2D eigenvalue weighted by atomic mass is 35.5. The van der Waals surface area contributed by atoms with Crippen molar-refractivity contribution in [2.45, 2.75) is 24.4 Å². The highest BCUT2D eigenvalue weighted by Crippen LogP contribution is 2.26. The zero-order valence-corrected chi connectivity index (χ0v) is 11.9. The van der Waals surface area contributed by atoms with E-state index in [0.717, 1.165) is 32.1 Å². The summed E-state index contributed by atoms with van der Waals surface area (Å²) in [6.45, 7) is 1.60. The van der Waals surface area contributed by atoms with Gasteiger partial charge < -0.3 is 5.32 Å². The van der Waals surface area contributed by atoms with Gasteiger partial charge in [0.2, 0.25) is 0 Å². The number of piperidine rings is 1. The third-order valence-corrected chi connectivity index (χ3v) is 3.96. The Morgan fingerprint density at radius 1 is 1.35 bits per heavy atom. The van der Waals surface area contributed by atoms with Crippen molar-refractivity contribution in [3.8, 4) is 0 Å². The molecule has 2 N–H and O–H groups in total. The van der Waals surface area contributed by atoms with Crippen LogP contribution < -0.4 is 10.0 Å². The van der Waals surface area contributed by atoms with Crippen LogP contribution in [-0.2, 0) is 10.0 Å². The molecule has 1 aromatic rings. The summed E-state index contributed by atoms with van der Waals surface area (Å²) in [6.07, 6.45) is 3.95. The first-order valence-electron chi connectivity index (χ1n) is 5.63. The van der Waals surface area contributed by atoms with Gasteiger partial charge in [0.15, 0.2) is 0 Å². The second-order valence-corrected chi connectivity index (χ2v) is 5.92. The van der Waals surface area contributed by atoms with E-state index in [2.05, 4.69) is 10.4 Å². The Morgan fingerprint density at radius 3 is 2.50 bits per heavy atom. The van der Waals surface area contributed by atoms with Crippen molar-refractivity contribution in [2.75, 3.05) is 17.8 Å². The molecule has 6 nitrogen and oxygen atoms in total. The number of rotatable bonds is 3. The molecule has 0 aliphatic carbocycles. The Hall–Kier alpha value is -1.00. The van der Waals surface area contributed by atoms with Crippen LogP contribution in [0.3, 0.4) is 0 Å². The molecule has 2 heterocycles. The summed E-state index contributed by atoms with van der Waals surface area (Å²) in [6, 6.07) is 0.0744. The Balaban J connectivity index is 0.00000200. The van der Waals surface area contributed by atoms with Crippen molar-refractivity contribution in [3.05, 3.63) is 12.4 Å². The average molecular weight is 335 g/mol. The molecule has 0 saturated carbocycles. The number of sulfonamides is 1. The van der Waals surface area contributed by atoms with E-state index in [1.165, 1.54) is 15.6 Å². The highest BCUT2D eigenvalue weighted by molar-refractivity contribution is 7.93. The molecule has 20 heavy (non-hydrogen) atoms. The van der Waals surface area contributed by atoms with Gasteiger partial charge in [0, 0.05) is 6.20 Å². The normalized spacial score (nSPS) is 17.6. The fraction of sp³-hybridized carbons (Fsp3) is 0.667. The molecule has 11 heteroatoms. The minimum atomic E-state index is -5.38. The molecule has 0 atom stereocenters. The SMILES string of the molecule is Cl.O=S(=O)(Nc1cnn(C2CCNCC2)c1)C(F)(F)F. The molecule has 1 aromatic heterocycles. The van der Waals surface area contributed by atoms with Gasteiger partial charge in [-0.2, -0.15) is 26.7 Å². The van der Waals surface area contributed by atoms with Crippen molar-refractivity contribution >= 4 is 28.1 Å². The van der Waals surface area contributed by atoms with E-state index in [1.54, 1.807) is 0 Å². The lowest BCUT2D eigenvalue weighted by Gasteiger charge is -2.22. The van der Waals surface area contributed by atoms with Gasteiger partial charge in [-0.1, -0.05) is 0 Å². The standard InChI is InChI=1S/C9H13F3N4O2S.ClH/c10-9(11,12)19(17,18)15-7-5-14-16(6-7)8-1-3-13-4-2-8;/h5-6,8,13,15H,1-4H2;1H.